The number of nitrogens with one attached hydrogen (secondary N) is 1. The Hall–Kier alpha value is -3.76. The van der Waals surface area contributed by atoms with Gasteiger partial charge in [-0.1, -0.05) is 5.16 Å². The first-order valence-electron chi connectivity index (χ1n) is 8.92. The van der Waals surface area contributed by atoms with E-state index < -0.39 is 6.09 Å². The summed E-state index contributed by atoms with van der Waals surface area (Å²) in [4.78, 5) is 21.0. The zero-order chi connectivity index (χ0) is 20.8. The SMILES string of the molecule is COc1ccc(Oc2nc(/C(N)=N/O)ncc2NC[C@@H]2CCCN2C(=O)O)cc1. The van der Waals surface area contributed by atoms with Crippen LogP contribution in [-0.4, -0.2) is 63.4 Å². The number of nitrogens with zero attached hydrogens (tertiary/aromatic N) is 4. The van der Waals surface area contributed by atoms with E-state index in [-0.39, 0.29) is 23.6 Å². The van der Waals surface area contributed by atoms with Crippen molar-refractivity contribution in [2.24, 2.45) is 10.9 Å². The van der Waals surface area contributed by atoms with Crippen molar-refractivity contribution in [3.05, 3.63) is 36.3 Å². The minimum Gasteiger partial charge on any atom is -0.497 e. The van der Waals surface area contributed by atoms with Crippen LogP contribution in [0.15, 0.2) is 35.6 Å². The molecule has 3 rings (SSSR count). The minimum atomic E-state index is -0.942. The first-order valence-corrected chi connectivity index (χ1v) is 8.92. The average molecular weight is 402 g/mol. The number of hydrogen-bond acceptors (Lipinski definition) is 8. The maximum atomic E-state index is 11.3. The van der Waals surface area contributed by atoms with Crippen LogP contribution in [0.25, 0.3) is 0 Å². The molecule has 0 saturated carbocycles. The molecule has 0 aliphatic carbocycles. The van der Waals surface area contributed by atoms with Crippen LogP contribution in [-0.2, 0) is 0 Å². The minimum absolute atomic E-state index is 0.00501. The molecule has 1 fully saturated rings. The Balaban J connectivity index is 1.82. The number of aromatic nitrogens is 2. The van der Waals surface area contributed by atoms with Gasteiger partial charge >= 0.3 is 6.09 Å². The monoisotopic (exact) mass is 402 g/mol. The van der Waals surface area contributed by atoms with Crippen LogP contribution in [0.1, 0.15) is 18.7 Å². The molecule has 0 bridgehead atoms. The number of amides is 1. The number of likely N-dealkylation sites (tertiary alicyclic amines) is 1. The Morgan fingerprint density at radius 1 is 1.38 bits per heavy atom. The summed E-state index contributed by atoms with van der Waals surface area (Å²) in [6.07, 6.45) is 2.07. The van der Waals surface area contributed by atoms with Crippen LogP contribution >= 0.6 is 0 Å². The molecule has 1 saturated heterocycles. The number of nitrogens with two attached hydrogens (primary N) is 1. The van der Waals surface area contributed by atoms with Gasteiger partial charge in [-0.15, -0.1) is 0 Å². The molecule has 1 aliphatic heterocycles. The van der Waals surface area contributed by atoms with E-state index in [2.05, 4.69) is 20.4 Å². The molecule has 5 N–H and O–H groups in total. The van der Waals surface area contributed by atoms with Gasteiger partial charge in [0.05, 0.1) is 19.3 Å². The van der Waals surface area contributed by atoms with Gasteiger partial charge in [0, 0.05) is 13.1 Å². The molecule has 0 radical (unpaired) electrons. The van der Waals surface area contributed by atoms with Crippen molar-refractivity contribution in [1.82, 2.24) is 14.9 Å². The van der Waals surface area contributed by atoms with Crippen molar-refractivity contribution >= 4 is 17.6 Å². The average Bonchev–Trinajstić information content (AvgIpc) is 3.21. The molecule has 29 heavy (non-hydrogen) atoms. The fourth-order valence-corrected chi connectivity index (χ4v) is 3.02. The van der Waals surface area contributed by atoms with Crippen LogP contribution in [0.2, 0.25) is 0 Å². The summed E-state index contributed by atoms with van der Waals surface area (Å²) in [5, 5.41) is 24.2. The standard InChI is InChI=1S/C18H22N6O5/c1-28-12-4-6-13(7-5-12)29-17-14(10-21-16(22-17)15(19)23-27)20-9-11-3-2-8-24(11)18(25)26/h4-7,10-11,20,27H,2-3,8-9H2,1H3,(H2,19,23)(H,25,26)/t11-/m0/s1. The van der Waals surface area contributed by atoms with Gasteiger partial charge in [-0.2, -0.15) is 4.98 Å². The van der Waals surface area contributed by atoms with Gasteiger partial charge < -0.3 is 35.7 Å². The van der Waals surface area contributed by atoms with Crippen LogP contribution in [0.3, 0.4) is 0 Å². The van der Waals surface area contributed by atoms with Crippen LogP contribution in [0.5, 0.6) is 17.4 Å². The number of carbonyl (C=O) groups is 1. The number of ether oxygens (including phenoxy) is 2. The third kappa shape index (κ3) is 4.75. The molecule has 1 atom stereocenters. The van der Waals surface area contributed by atoms with Gasteiger partial charge in [0.1, 0.15) is 17.2 Å². The van der Waals surface area contributed by atoms with Crippen molar-refractivity contribution in [1.29, 1.82) is 0 Å². The molecule has 0 unspecified atom stereocenters. The highest BCUT2D eigenvalue weighted by atomic mass is 16.5. The van der Waals surface area contributed by atoms with E-state index >= 15 is 0 Å². The summed E-state index contributed by atoms with van der Waals surface area (Å²) >= 11 is 0. The molecule has 2 aromatic rings. The lowest BCUT2D eigenvalue weighted by Crippen LogP contribution is -2.38. The lowest BCUT2D eigenvalue weighted by Gasteiger charge is -2.22. The Bertz CT molecular complexity index is 889. The molecule has 0 spiro atoms. The van der Waals surface area contributed by atoms with Crippen molar-refractivity contribution in [3.8, 4) is 17.4 Å². The quantitative estimate of drug-likeness (QED) is 0.235. The molecule has 2 heterocycles. The van der Waals surface area contributed by atoms with E-state index in [1.54, 1.807) is 31.4 Å². The number of oxime groups is 1. The number of hydrogen-bond donors (Lipinski definition) is 4. The van der Waals surface area contributed by atoms with Crippen LogP contribution in [0.4, 0.5) is 10.5 Å². The molecule has 11 heteroatoms. The van der Waals surface area contributed by atoms with E-state index in [9.17, 15) is 9.90 Å². The van der Waals surface area contributed by atoms with Gasteiger partial charge in [-0.05, 0) is 37.1 Å². The van der Waals surface area contributed by atoms with E-state index in [0.29, 0.717) is 30.3 Å². The van der Waals surface area contributed by atoms with E-state index in [0.717, 1.165) is 12.8 Å². The van der Waals surface area contributed by atoms with Crippen LogP contribution in [0, 0.1) is 0 Å². The number of anilines is 1. The van der Waals surface area contributed by atoms with E-state index in [1.807, 2.05) is 0 Å². The molecule has 11 nitrogen and oxygen atoms in total. The Kier molecular flexibility index (Phi) is 6.17. The first kappa shape index (κ1) is 20.0. The first-order chi connectivity index (χ1) is 14.0. The third-order valence-electron chi connectivity index (χ3n) is 4.52. The summed E-state index contributed by atoms with van der Waals surface area (Å²) in [7, 11) is 1.56. The maximum Gasteiger partial charge on any atom is 0.407 e. The molecule has 1 aliphatic rings. The maximum absolute atomic E-state index is 11.3. The van der Waals surface area contributed by atoms with Gasteiger partial charge in [-0.25, -0.2) is 9.78 Å². The van der Waals surface area contributed by atoms with Gasteiger partial charge in [0.25, 0.3) is 0 Å². The van der Waals surface area contributed by atoms with E-state index in [4.69, 9.17) is 20.4 Å². The fraction of sp³-hybridized carbons (Fsp3) is 0.333. The number of benzene rings is 1. The molecule has 1 aromatic carbocycles. The van der Waals surface area contributed by atoms with Crippen molar-refractivity contribution in [3.63, 3.8) is 0 Å². The molecular formula is C18H22N6O5. The largest absolute Gasteiger partial charge is 0.497 e. The summed E-state index contributed by atoms with van der Waals surface area (Å²) in [6, 6.07) is 6.72. The highest BCUT2D eigenvalue weighted by Gasteiger charge is 2.28. The number of methoxy groups -OCH3 is 1. The summed E-state index contributed by atoms with van der Waals surface area (Å²) in [6.45, 7) is 0.882. The highest BCUT2D eigenvalue weighted by molar-refractivity contribution is 5.93. The Morgan fingerprint density at radius 2 is 2.10 bits per heavy atom. The third-order valence-corrected chi connectivity index (χ3v) is 4.52. The van der Waals surface area contributed by atoms with Crippen molar-refractivity contribution in [2.45, 2.75) is 18.9 Å². The second-order valence-corrected chi connectivity index (χ2v) is 6.33. The lowest BCUT2D eigenvalue weighted by atomic mass is 10.2. The van der Waals surface area contributed by atoms with Gasteiger partial charge in [-0.3, -0.25) is 0 Å². The van der Waals surface area contributed by atoms with Crippen molar-refractivity contribution < 1.29 is 24.6 Å². The highest BCUT2D eigenvalue weighted by Crippen LogP contribution is 2.29. The molecular weight excluding hydrogens is 380 g/mol. The van der Waals surface area contributed by atoms with Gasteiger partial charge in [0.15, 0.2) is 0 Å². The number of carboxylic acid groups (broad SMARTS) is 1. The number of rotatable bonds is 7. The Morgan fingerprint density at radius 3 is 2.76 bits per heavy atom. The summed E-state index contributed by atoms with van der Waals surface area (Å²) in [5.41, 5.74) is 6.03. The summed E-state index contributed by atoms with van der Waals surface area (Å²) < 4.78 is 11.0. The van der Waals surface area contributed by atoms with Crippen molar-refractivity contribution in [2.75, 3.05) is 25.5 Å². The Labute approximate surface area is 166 Å². The second-order valence-electron chi connectivity index (χ2n) is 6.33. The lowest BCUT2D eigenvalue weighted by molar-refractivity contribution is 0.142. The zero-order valence-electron chi connectivity index (χ0n) is 15.8. The van der Waals surface area contributed by atoms with E-state index in [1.165, 1.54) is 11.1 Å². The van der Waals surface area contributed by atoms with Gasteiger partial charge in [0.2, 0.25) is 17.5 Å². The van der Waals surface area contributed by atoms with Crippen LogP contribution < -0.4 is 20.5 Å². The molecule has 154 valence electrons. The smallest absolute Gasteiger partial charge is 0.407 e. The normalized spacial score (nSPS) is 16.5. The fourth-order valence-electron chi connectivity index (χ4n) is 3.02. The molecule has 1 aromatic heterocycles. The molecule has 1 amide bonds. The topological polar surface area (TPSA) is 155 Å². The second kappa shape index (κ2) is 8.95. The number of amidine groups is 1. The zero-order valence-corrected chi connectivity index (χ0v) is 15.8. The predicted molar refractivity (Wildman–Crippen MR) is 104 cm³/mol. The predicted octanol–water partition coefficient (Wildman–Crippen LogP) is 1.93. The summed E-state index contributed by atoms with van der Waals surface area (Å²) in [5.74, 6) is 1.06.